The number of hydrogen-bond donors (Lipinski definition) is 1. The molecule has 0 aliphatic rings. The van der Waals surface area contributed by atoms with Crippen molar-refractivity contribution in [1.82, 2.24) is 0 Å². The highest BCUT2D eigenvalue weighted by molar-refractivity contribution is 5.86. The van der Waals surface area contributed by atoms with Crippen LogP contribution in [0.4, 0.5) is 0 Å². The lowest BCUT2D eigenvalue weighted by atomic mass is 10.2. The van der Waals surface area contributed by atoms with E-state index in [1.54, 1.807) is 6.92 Å². The van der Waals surface area contributed by atoms with Crippen LogP contribution in [0.5, 0.6) is 0 Å². The number of ether oxygens (including phenoxy) is 2. The highest BCUT2D eigenvalue weighted by atomic mass is 16.6. The molecule has 6 nitrogen and oxygen atoms in total. The van der Waals surface area contributed by atoms with Gasteiger partial charge in [0.2, 0.25) is 0 Å². The lowest BCUT2D eigenvalue weighted by Gasteiger charge is -2.13. The summed E-state index contributed by atoms with van der Waals surface area (Å²) in [5.41, 5.74) is 0.284. The maximum atomic E-state index is 11.3. The Kier molecular flexibility index (Phi) is 8.24. The van der Waals surface area contributed by atoms with Gasteiger partial charge in [0.15, 0.2) is 0 Å². The Morgan fingerprint density at radius 2 is 1.79 bits per heavy atom. The van der Waals surface area contributed by atoms with Gasteiger partial charge in [0.05, 0.1) is 0 Å². The van der Waals surface area contributed by atoms with E-state index in [9.17, 15) is 14.4 Å². The summed E-state index contributed by atoms with van der Waals surface area (Å²) in [6, 6.07) is 0. The van der Waals surface area contributed by atoms with Gasteiger partial charge in [-0.25, -0.2) is 4.79 Å². The second-order valence-electron chi connectivity index (χ2n) is 4.28. The van der Waals surface area contributed by atoms with Crippen molar-refractivity contribution in [1.29, 1.82) is 0 Å². The summed E-state index contributed by atoms with van der Waals surface area (Å²) < 4.78 is 9.82. The van der Waals surface area contributed by atoms with Crippen LogP contribution in [-0.4, -0.2) is 35.7 Å². The summed E-state index contributed by atoms with van der Waals surface area (Å²) in [5, 5.41) is 8.42. The van der Waals surface area contributed by atoms with Crippen LogP contribution >= 0.6 is 0 Å². The zero-order chi connectivity index (χ0) is 14.8. The van der Waals surface area contributed by atoms with Crippen molar-refractivity contribution in [2.75, 3.05) is 6.61 Å². The predicted molar refractivity (Wildman–Crippen MR) is 67.4 cm³/mol. The molecule has 0 amide bonds. The minimum absolute atomic E-state index is 0.0213. The Bertz CT molecular complexity index is 347. The van der Waals surface area contributed by atoms with Crippen LogP contribution in [0, 0.1) is 0 Å². The van der Waals surface area contributed by atoms with Gasteiger partial charge >= 0.3 is 17.9 Å². The summed E-state index contributed by atoms with van der Waals surface area (Å²) in [6.07, 6.45) is 0.563. The third-order valence-corrected chi connectivity index (χ3v) is 2.15. The summed E-state index contributed by atoms with van der Waals surface area (Å²) in [4.78, 5) is 32.7. The lowest BCUT2D eigenvalue weighted by Crippen LogP contribution is -2.22. The molecule has 0 aromatic heterocycles. The van der Waals surface area contributed by atoms with Gasteiger partial charge in [-0.2, -0.15) is 0 Å². The molecule has 0 spiro atoms. The van der Waals surface area contributed by atoms with Gasteiger partial charge in [-0.3, -0.25) is 9.59 Å². The molecule has 0 aliphatic heterocycles. The van der Waals surface area contributed by atoms with Crippen molar-refractivity contribution in [2.24, 2.45) is 0 Å². The van der Waals surface area contributed by atoms with Crippen LogP contribution in [0.2, 0.25) is 0 Å². The third kappa shape index (κ3) is 9.82. The minimum atomic E-state index is -0.881. The van der Waals surface area contributed by atoms with Gasteiger partial charge in [0.25, 0.3) is 0 Å². The maximum Gasteiger partial charge on any atom is 0.333 e. The predicted octanol–water partition coefficient (Wildman–Crippen LogP) is 1.68. The van der Waals surface area contributed by atoms with Gasteiger partial charge in [0, 0.05) is 18.4 Å². The zero-order valence-electron chi connectivity index (χ0n) is 11.3. The van der Waals surface area contributed by atoms with Crippen LogP contribution in [0.15, 0.2) is 12.2 Å². The molecule has 0 heterocycles. The molecule has 0 aliphatic carbocycles. The third-order valence-electron chi connectivity index (χ3n) is 2.15. The van der Waals surface area contributed by atoms with Crippen molar-refractivity contribution in [3.8, 4) is 0 Å². The van der Waals surface area contributed by atoms with Crippen molar-refractivity contribution >= 4 is 17.9 Å². The first-order chi connectivity index (χ1) is 8.82. The normalized spacial score (nSPS) is 11.5. The van der Waals surface area contributed by atoms with Crippen molar-refractivity contribution in [3.63, 3.8) is 0 Å². The van der Waals surface area contributed by atoms with Crippen molar-refractivity contribution in [2.45, 2.75) is 45.6 Å². The molecular weight excluding hydrogens is 252 g/mol. The van der Waals surface area contributed by atoms with Crippen LogP contribution in [0.25, 0.3) is 0 Å². The molecular formula is C13H20O6. The van der Waals surface area contributed by atoms with Crippen LogP contribution in [-0.2, 0) is 23.9 Å². The molecule has 1 N–H and O–H groups in total. The van der Waals surface area contributed by atoms with Crippen LogP contribution in [0.3, 0.4) is 0 Å². The van der Waals surface area contributed by atoms with Gasteiger partial charge in [-0.1, -0.05) is 6.58 Å². The number of carboxylic acids is 1. The number of carboxylic acid groups (broad SMARTS) is 1. The first-order valence-corrected chi connectivity index (χ1v) is 6.06. The van der Waals surface area contributed by atoms with Gasteiger partial charge < -0.3 is 14.6 Å². The molecule has 0 saturated heterocycles. The van der Waals surface area contributed by atoms with Crippen molar-refractivity contribution in [3.05, 3.63) is 12.2 Å². The number of rotatable bonds is 9. The van der Waals surface area contributed by atoms with E-state index in [0.717, 1.165) is 0 Å². The Morgan fingerprint density at radius 3 is 2.32 bits per heavy atom. The van der Waals surface area contributed by atoms with Gasteiger partial charge in [0.1, 0.15) is 12.7 Å². The molecule has 108 valence electrons. The molecule has 0 fully saturated rings. The van der Waals surface area contributed by atoms with E-state index in [1.807, 2.05) is 0 Å². The van der Waals surface area contributed by atoms with E-state index in [-0.39, 0.29) is 25.0 Å². The largest absolute Gasteiger partial charge is 0.481 e. The topological polar surface area (TPSA) is 89.9 Å². The fourth-order valence-electron chi connectivity index (χ4n) is 1.18. The number of hydrogen-bond acceptors (Lipinski definition) is 5. The smallest absolute Gasteiger partial charge is 0.333 e. The fraction of sp³-hybridized carbons (Fsp3) is 0.615. The molecule has 1 unspecified atom stereocenters. The number of carbonyl (C=O) groups is 3. The van der Waals surface area contributed by atoms with E-state index in [1.165, 1.54) is 6.92 Å². The molecule has 0 aromatic rings. The Hall–Kier alpha value is -1.85. The molecule has 6 heteroatoms. The average Bonchev–Trinajstić information content (AvgIpc) is 2.31. The Labute approximate surface area is 112 Å². The van der Waals surface area contributed by atoms with E-state index in [4.69, 9.17) is 14.6 Å². The average molecular weight is 272 g/mol. The molecule has 0 aromatic carbocycles. The highest BCUT2D eigenvalue weighted by Crippen LogP contribution is 2.04. The Balaban J connectivity index is 3.72. The van der Waals surface area contributed by atoms with E-state index < -0.39 is 24.0 Å². The molecule has 1 atom stereocenters. The van der Waals surface area contributed by atoms with E-state index >= 15 is 0 Å². The summed E-state index contributed by atoms with van der Waals surface area (Å²) in [5.74, 6) is -1.83. The van der Waals surface area contributed by atoms with E-state index in [0.29, 0.717) is 12.8 Å². The second-order valence-corrected chi connectivity index (χ2v) is 4.28. The Morgan fingerprint density at radius 1 is 1.21 bits per heavy atom. The molecule has 0 bridgehead atoms. The molecule has 0 rings (SSSR count). The second kappa shape index (κ2) is 9.13. The highest BCUT2D eigenvalue weighted by Gasteiger charge is 2.12. The molecule has 0 radical (unpaired) electrons. The number of unbranched alkanes of at least 4 members (excludes halogenated alkanes) is 1. The quantitative estimate of drug-likeness (QED) is 0.390. The SMILES string of the molecule is C=C(C)C(=O)OCC(C)OC(=O)CCCCC(=O)O. The summed E-state index contributed by atoms with van der Waals surface area (Å²) in [6.45, 7) is 6.55. The van der Waals surface area contributed by atoms with Gasteiger partial charge in [-0.15, -0.1) is 0 Å². The lowest BCUT2D eigenvalue weighted by molar-refractivity contribution is -0.156. The first kappa shape index (κ1) is 17.2. The molecule has 19 heavy (non-hydrogen) atoms. The summed E-state index contributed by atoms with van der Waals surface area (Å²) in [7, 11) is 0. The monoisotopic (exact) mass is 272 g/mol. The number of aliphatic carboxylic acids is 1. The minimum Gasteiger partial charge on any atom is -0.481 e. The first-order valence-electron chi connectivity index (χ1n) is 6.06. The summed E-state index contributed by atoms with van der Waals surface area (Å²) >= 11 is 0. The fourth-order valence-corrected chi connectivity index (χ4v) is 1.18. The zero-order valence-corrected chi connectivity index (χ0v) is 11.3. The maximum absolute atomic E-state index is 11.3. The molecule has 0 saturated carbocycles. The van der Waals surface area contributed by atoms with Crippen LogP contribution < -0.4 is 0 Å². The van der Waals surface area contributed by atoms with E-state index in [2.05, 4.69) is 6.58 Å². The number of carbonyl (C=O) groups excluding carboxylic acids is 2. The van der Waals surface area contributed by atoms with Crippen LogP contribution in [0.1, 0.15) is 39.5 Å². The van der Waals surface area contributed by atoms with Gasteiger partial charge in [-0.05, 0) is 26.7 Å². The number of esters is 2. The van der Waals surface area contributed by atoms with Crippen molar-refractivity contribution < 1.29 is 29.0 Å². The standard InChI is InChI=1S/C13H20O6/c1-9(2)13(17)18-8-10(3)19-12(16)7-5-4-6-11(14)15/h10H,1,4-8H2,2-3H3,(H,14,15).